The Hall–Kier alpha value is -1.63. The van der Waals surface area contributed by atoms with E-state index in [1.807, 2.05) is 31.2 Å². The zero-order valence-electron chi connectivity index (χ0n) is 11.8. The van der Waals surface area contributed by atoms with Crippen LogP contribution in [-0.2, 0) is 4.74 Å². The zero-order valence-corrected chi connectivity index (χ0v) is 12.6. The van der Waals surface area contributed by atoms with Crippen molar-refractivity contribution in [2.45, 2.75) is 19.1 Å². The number of fused-ring (bicyclic) bond motifs is 1. The lowest BCUT2D eigenvalue weighted by Crippen LogP contribution is -2.51. The number of morpholine rings is 1. The molecule has 0 spiro atoms. The number of nitrogens with two attached hydrogens (primary N) is 1. The number of nitrogens with zero attached hydrogens (tertiary/aromatic N) is 1. The van der Waals surface area contributed by atoms with Crippen molar-refractivity contribution in [3.8, 4) is 0 Å². The highest BCUT2D eigenvalue weighted by molar-refractivity contribution is 7.20. The van der Waals surface area contributed by atoms with Crippen LogP contribution in [0.4, 0.5) is 5.69 Å². The lowest BCUT2D eigenvalue weighted by atomic mass is 10.2. The van der Waals surface area contributed by atoms with Crippen LogP contribution in [0.15, 0.2) is 24.3 Å². The fourth-order valence-electron chi connectivity index (χ4n) is 2.52. The van der Waals surface area contributed by atoms with Crippen LogP contribution in [0.3, 0.4) is 0 Å². The summed E-state index contributed by atoms with van der Waals surface area (Å²) >= 11 is 1.47. The molecule has 2 atom stereocenters. The molecule has 112 valence electrons. The highest BCUT2D eigenvalue weighted by Crippen LogP contribution is 2.29. The first-order chi connectivity index (χ1) is 10.1. The number of anilines is 1. The van der Waals surface area contributed by atoms with Crippen LogP contribution in [0.2, 0.25) is 0 Å². The highest BCUT2D eigenvalue weighted by atomic mass is 32.1. The van der Waals surface area contributed by atoms with Crippen molar-refractivity contribution in [2.75, 3.05) is 25.5 Å². The summed E-state index contributed by atoms with van der Waals surface area (Å²) < 4.78 is 6.52. The maximum absolute atomic E-state index is 12.7. The number of ether oxygens (including phenoxy) is 1. The Morgan fingerprint density at radius 3 is 3.10 bits per heavy atom. The molecule has 1 aliphatic heterocycles. The molecule has 2 heterocycles. The van der Waals surface area contributed by atoms with Crippen LogP contribution in [0, 0.1) is 0 Å². The predicted octanol–water partition coefficient (Wildman–Crippen LogP) is 1.71. The number of rotatable bonds is 2. The van der Waals surface area contributed by atoms with E-state index in [9.17, 15) is 9.90 Å². The summed E-state index contributed by atoms with van der Waals surface area (Å²) in [6, 6.07) is 7.55. The van der Waals surface area contributed by atoms with Gasteiger partial charge in [-0.15, -0.1) is 11.3 Å². The molecule has 0 saturated carbocycles. The van der Waals surface area contributed by atoms with Crippen molar-refractivity contribution in [1.82, 2.24) is 4.90 Å². The topological polar surface area (TPSA) is 75.8 Å². The standard InChI is InChI=1S/C15H18N2O3S/c1-9-8-20-12(7-18)6-17(9)15(19)14-5-10-4-11(16)2-3-13(10)21-14/h2-5,9,12,18H,6-8,16H2,1H3. The van der Waals surface area contributed by atoms with Crippen molar-refractivity contribution in [2.24, 2.45) is 0 Å². The van der Waals surface area contributed by atoms with Crippen molar-refractivity contribution in [3.63, 3.8) is 0 Å². The molecule has 6 heteroatoms. The molecule has 1 fully saturated rings. The molecule has 1 aromatic carbocycles. The predicted molar refractivity (Wildman–Crippen MR) is 83.6 cm³/mol. The summed E-state index contributed by atoms with van der Waals surface area (Å²) in [6.45, 7) is 2.76. The maximum atomic E-state index is 12.7. The number of thiophene rings is 1. The van der Waals surface area contributed by atoms with Crippen LogP contribution in [0.25, 0.3) is 10.1 Å². The minimum atomic E-state index is -0.296. The van der Waals surface area contributed by atoms with E-state index in [4.69, 9.17) is 10.5 Å². The van der Waals surface area contributed by atoms with Gasteiger partial charge >= 0.3 is 0 Å². The van der Waals surface area contributed by atoms with Crippen molar-refractivity contribution in [1.29, 1.82) is 0 Å². The molecule has 2 unspecified atom stereocenters. The van der Waals surface area contributed by atoms with Gasteiger partial charge in [0.05, 0.1) is 30.2 Å². The van der Waals surface area contributed by atoms with Crippen LogP contribution in [-0.4, -0.2) is 47.8 Å². The second-order valence-electron chi connectivity index (χ2n) is 5.35. The van der Waals surface area contributed by atoms with E-state index in [-0.39, 0.29) is 24.7 Å². The summed E-state index contributed by atoms with van der Waals surface area (Å²) in [5.74, 6) is -0.0102. The second-order valence-corrected chi connectivity index (χ2v) is 6.44. The van der Waals surface area contributed by atoms with E-state index in [0.29, 0.717) is 23.7 Å². The van der Waals surface area contributed by atoms with E-state index < -0.39 is 0 Å². The number of carbonyl (C=O) groups is 1. The van der Waals surface area contributed by atoms with Crippen LogP contribution in [0.1, 0.15) is 16.6 Å². The quantitative estimate of drug-likeness (QED) is 0.828. The number of hydrogen-bond donors (Lipinski definition) is 2. The van der Waals surface area contributed by atoms with Gasteiger partial charge in [-0.2, -0.15) is 0 Å². The molecule has 2 aromatic rings. The summed E-state index contributed by atoms with van der Waals surface area (Å²) in [5, 5.41) is 10.2. The number of aliphatic hydroxyl groups excluding tert-OH is 1. The van der Waals surface area contributed by atoms with Gasteiger partial charge in [0, 0.05) is 16.9 Å². The Kier molecular flexibility index (Phi) is 3.84. The molecule has 0 bridgehead atoms. The lowest BCUT2D eigenvalue weighted by molar-refractivity contribution is -0.0666. The smallest absolute Gasteiger partial charge is 0.264 e. The third-order valence-corrected chi connectivity index (χ3v) is 4.83. The maximum Gasteiger partial charge on any atom is 0.264 e. The van der Waals surface area contributed by atoms with Crippen molar-refractivity contribution >= 4 is 33.0 Å². The van der Waals surface area contributed by atoms with Gasteiger partial charge in [-0.25, -0.2) is 0 Å². The molecule has 0 radical (unpaired) electrons. The highest BCUT2D eigenvalue weighted by Gasteiger charge is 2.30. The summed E-state index contributed by atoms with van der Waals surface area (Å²) in [7, 11) is 0. The molecular weight excluding hydrogens is 288 g/mol. The zero-order chi connectivity index (χ0) is 15.0. The van der Waals surface area contributed by atoms with E-state index in [1.165, 1.54) is 11.3 Å². The third kappa shape index (κ3) is 2.74. The molecule has 5 nitrogen and oxygen atoms in total. The number of amides is 1. The van der Waals surface area contributed by atoms with Crippen LogP contribution in [0.5, 0.6) is 0 Å². The molecule has 3 N–H and O–H groups in total. The number of hydrogen-bond acceptors (Lipinski definition) is 5. The van der Waals surface area contributed by atoms with E-state index in [1.54, 1.807) is 4.90 Å². The van der Waals surface area contributed by atoms with Gasteiger partial charge in [-0.05, 0) is 36.6 Å². The molecule has 3 rings (SSSR count). The van der Waals surface area contributed by atoms with Gasteiger partial charge in [0.2, 0.25) is 0 Å². The average molecular weight is 306 g/mol. The molecule has 21 heavy (non-hydrogen) atoms. The Morgan fingerprint density at radius 2 is 2.33 bits per heavy atom. The van der Waals surface area contributed by atoms with Crippen LogP contribution < -0.4 is 5.73 Å². The normalized spacial score (nSPS) is 22.7. The minimum absolute atomic E-state index is 0.00980. The SMILES string of the molecule is CC1COC(CO)CN1C(=O)c1cc2cc(N)ccc2s1. The minimum Gasteiger partial charge on any atom is -0.399 e. The Labute approximate surface area is 126 Å². The van der Waals surface area contributed by atoms with Gasteiger partial charge in [0.15, 0.2) is 0 Å². The lowest BCUT2D eigenvalue weighted by Gasteiger charge is -2.37. The van der Waals surface area contributed by atoms with E-state index in [2.05, 4.69) is 0 Å². The van der Waals surface area contributed by atoms with Gasteiger partial charge in [-0.3, -0.25) is 4.79 Å². The fraction of sp³-hybridized carbons (Fsp3) is 0.400. The summed E-state index contributed by atoms with van der Waals surface area (Å²) in [4.78, 5) is 15.2. The first-order valence-corrected chi connectivity index (χ1v) is 7.72. The number of benzene rings is 1. The van der Waals surface area contributed by atoms with Gasteiger partial charge in [-0.1, -0.05) is 0 Å². The van der Waals surface area contributed by atoms with Gasteiger partial charge < -0.3 is 20.5 Å². The molecule has 1 aliphatic rings. The number of nitrogen functional groups attached to an aromatic ring is 1. The van der Waals surface area contributed by atoms with Crippen LogP contribution >= 0.6 is 11.3 Å². The first-order valence-electron chi connectivity index (χ1n) is 6.91. The van der Waals surface area contributed by atoms with Crippen molar-refractivity contribution < 1.29 is 14.6 Å². The monoisotopic (exact) mass is 306 g/mol. The Morgan fingerprint density at radius 1 is 1.52 bits per heavy atom. The number of carbonyl (C=O) groups excluding carboxylic acids is 1. The average Bonchev–Trinajstić information content (AvgIpc) is 2.90. The van der Waals surface area contributed by atoms with Crippen molar-refractivity contribution in [3.05, 3.63) is 29.1 Å². The van der Waals surface area contributed by atoms with Gasteiger partial charge in [0.1, 0.15) is 0 Å². The van der Waals surface area contributed by atoms with Gasteiger partial charge in [0.25, 0.3) is 5.91 Å². The second kappa shape index (κ2) is 5.63. The number of aliphatic hydroxyl groups is 1. The largest absolute Gasteiger partial charge is 0.399 e. The summed E-state index contributed by atoms with van der Waals surface area (Å²) in [5.41, 5.74) is 6.47. The third-order valence-electron chi connectivity index (χ3n) is 3.72. The fourth-order valence-corrected chi connectivity index (χ4v) is 3.52. The molecule has 0 aliphatic carbocycles. The molecule has 1 amide bonds. The Bertz CT molecular complexity index is 670. The molecular formula is C15H18N2O3S. The molecule has 1 aromatic heterocycles. The molecule has 1 saturated heterocycles. The van der Waals surface area contributed by atoms with E-state index in [0.717, 1.165) is 10.1 Å². The Balaban J connectivity index is 1.88. The summed E-state index contributed by atoms with van der Waals surface area (Å²) in [6.07, 6.45) is -0.296. The first kappa shape index (κ1) is 14.3. The van der Waals surface area contributed by atoms with E-state index >= 15 is 0 Å².